The molecule has 0 bridgehead atoms. The second-order valence-electron chi connectivity index (χ2n) is 7.00. The number of non-ortho nitro benzene ring substituents is 1. The van der Waals surface area contributed by atoms with Crippen LogP contribution in [0.25, 0.3) is 6.08 Å². The van der Waals surface area contributed by atoms with Gasteiger partial charge in [-0.1, -0.05) is 32.9 Å². The van der Waals surface area contributed by atoms with Crippen molar-refractivity contribution in [2.75, 3.05) is 6.61 Å². The fourth-order valence-corrected chi connectivity index (χ4v) is 2.76. The molecule has 0 amide bonds. The van der Waals surface area contributed by atoms with E-state index in [9.17, 15) is 10.1 Å². The molecular weight excluding hydrogens is 294 g/mol. The molecule has 0 heterocycles. The smallest absolute Gasteiger partial charge is 0.269 e. The normalized spacial score (nSPS) is 12.8. The summed E-state index contributed by atoms with van der Waals surface area (Å²) in [6.45, 7) is 12.1. The van der Waals surface area contributed by atoms with Gasteiger partial charge in [0.2, 0.25) is 0 Å². The van der Waals surface area contributed by atoms with Crippen molar-refractivity contribution >= 4 is 20.1 Å². The van der Waals surface area contributed by atoms with E-state index >= 15 is 0 Å². The second kappa shape index (κ2) is 7.69. The lowest BCUT2D eigenvalue weighted by atomic mass is 10.2. The van der Waals surface area contributed by atoms with Crippen LogP contribution in [0.2, 0.25) is 18.1 Å². The molecule has 0 radical (unpaired) electrons. The van der Waals surface area contributed by atoms with E-state index in [1.54, 1.807) is 12.1 Å². The molecule has 0 spiro atoms. The molecule has 0 aliphatic carbocycles. The average molecular weight is 321 g/mol. The van der Waals surface area contributed by atoms with Crippen LogP contribution >= 0.6 is 0 Å². The molecule has 0 fully saturated rings. The van der Waals surface area contributed by atoms with Crippen LogP contribution in [0.15, 0.2) is 30.3 Å². The monoisotopic (exact) mass is 321 g/mol. The van der Waals surface area contributed by atoms with Crippen LogP contribution in [0.5, 0.6) is 0 Å². The van der Waals surface area contributed by atoms with Gasteiger partial charge in [0.15, 0.2) is 8.32 Å². The van der Waals surface area contributed by atoms with E-state index in [0.717, 1.165) is 25.0 Å². The van der Waals surface area contributed by atoms with E-state index in [0.29, 0.717) is 0 Å². The number of hydrogen-bond acceptors (Lipinski definition) is 3. The van der Waals surface area contributed by atoms with Crippen LogP contribution in [0.1, 0.15) is 39.2 Å². The van der Waals surface area contributed by atoms with Crippen molar-refractivity contribution in [1.82, 2.24) is 0 Å². The maximum Gasteiger partial charge on any atom is 0.269 e. The lowest BCUT2D eigenvalue weighted by Gasteiger charge is -2.36. The van der Waals surface area contributed by atoms with Crippen LogP contribution < -0.4 is 0 Å². The fraction of sp³-hybridized carbons (Fsp3) is 0.529. The predicted octanol–water partition coefficient (Wildman–Crippen LogP) is 5.41. The molecule has 0 unspecified atom stereocenters. The summed E-state index contributed by atoms with van der Waals surface area (Å²) in [5.41, 5.74) is 1.11. The fourth-order valence-electron chi connectivity index (χ4n) is 1.67. The van der Waals surface area contributed by atoms with Crippen molar-refractivity contribution in [3.63, 3.8) is 0 Å². The lowest BCUT2D eigenvalue weighted by Crippen LogP contribution is -2.40. The van der Waals surface area contributed by atoms with Crippen molar-refractivity contribution in [2.24, 2.45) is 0 Å². The molecule has 1 aromatic rings. The molecule has 5 heteroatoms. The summed E-state index contributed by atoms with van der Waals surface area (Å²) >= 11 is 0. The Bertz CT molecular complexity index is 516. The standard InChI is InChI=1S/C17H27NO3Si/c1-17(2,3)22(4,5)21-14-8-6-7-9-15-10-12-16(13-11-15)18(19)20/h7,9-13H,6,8,14H2,1-5H3/b9-7-. The molecule has 4 nitrogen and oxygen atoms in total. The van der Waals surface area contributed by atoms with Crippen LogP contribution in [-0.4, -0.2) is 19.8 Å². The first-order valence-electron chi connectivity index (χ1n) is 7.68. The Hall–Kier alpha value is -1.46. The molecule has 22 heavy (non-hydrogen) atoms. The van der Waals surface area contributed by atoms with E-state index in [-0.39, 0.29) is 15.6 Å². The SMILES string of the molecule is CC(C)(C)[Si](C)(C)OCCC/C=C\c1ccc([N+](=O)[O-])cc1. The first-order valence-corrected chi connectivity index (χ1v) is 10.6. The summed E-state index contributed by atoms with van der Waals surface area (Å²) in [6, 6.07) is 6.59. The first-order chi connectivity index (χ1) is 10.1. The van der Waals surface area contributed by atoms with Gasteiger partial charge in [0.05, 0.1) is 4.92 Å². The van der Waals surface area contributed by atoms with Gasteiger partial charge >= 0.3 is 0 Å². The topological polar surface area (TPSA) is 52.4 Å². The Balaban J connectivity index is 2.34. The summed E-state index contributed by atoms with van der Waals surface area (Å²) in [4.78, 5) is 10.2. The van der Waals surface area contributed by atoms with E-state index < -0.39 is 8.32 Å². The number of rotatable bonds is 7. The zero-order valence-corrected chi connectivity index (χ0v) is 15.3. The molecule has 1 rings (SSSR count). The second-order valence-corrected chi connectivity index (χ2v) is 11.8. The number of unbranched alkanes of at least 4 members (excludes halogenated alkanes) is 1. The molecule has 0 saturated heterocycles. The molecular formula is C17H27NO3Si. The Kier molecular flexibility index (Phi) is 6.50. The minimum Gasteiger partial charge on any atom is -0.417 e. The summed E-state index contributed by atoms with van der Waals surface area (Å²) in [5, 5.41) is 10.8. The number of nitrogens with zero attached hydrogens (tertiary/aromatic N) is 1. The summed E-state index contributed by atoms with van der Waals surface area (Å²) < 4.78 is 6.12. The molecule has 1 aromatic carbocycles. The molecule has 122 valence electrons. The largest absolute Gasteiger partial charge is 0.417 e. The quantitative estimate of drug-likeness (QED) is 0.292. The van der Waals surface area contributed by atoms with Crippen LogP contribution in [0.4, 0.5) is 5.69 Å². The Labute approximate surface area is 134 Å². The van der Waals surface area contributed by atoms with Crippen LogP contribution in [0, 0.1) is 10.1 Å². The highest BCUT2D eigenvalue weighted by atomic mass is 28.4. The Morgan fingerprint density at radius 3 is 2.32 bits per heavy atom. The average Bonchev–Trinajstić information content (AvgIpc) is 2.41. The van der Waals surface area contributed by atoms with Gasteiger partial charge in [0.1, 0.15) is 0 Å². The van der Waals surface area contributed by atoms with Gasteiger partial charge < -0.3 is 4.43 Å². The molecule has 0 N–H and O–H groups in total. The Morgan fingerprint density at radius 1 is 1.23 bits per heavy atom. The number of allylic oxidation sites excluding steroid dienone is 1. The summed E-state index contributed by atoms with van der Waals surface area (Å²) in [6.07, 6.45) is 6.04. The lowest BCUT2D eigenvalue weighted by molar-refractivity contribution is -0.384. The zero-order valence-electron chi connectivity index (χ0n) is 14.3. The third-order valence-corrected chi connectivity index (χ3v) is 8.74. The van der Waals surface area contributed by atoms with E-state index in [2.05, 4.69) is 39.9 Å². The number of nitro groups is 1. The van der Waals surface area contributed by atoms with Gasteiger partial charge in [-0.05, 0) is 48.7 Å². The van der Waals surface area contributed by atoms with Crippen molar-refractivity contribution in [3.8, 4) is 0 Å². The van der Waals surface area contributed by atoms with Gasteiger partial charge in [-0.25, -0.2) is 0 Å². The molecule has 0 aliphatic heterocycles. The van der Waals surface area contributed by atoms with Gasteiger partial charge in [-0.15, -0.1) is 0 Å². The van der Waals surface area contributed by atoms with Gasteiger partial charge in [0, 0.05) is 18.7 Å². The first kappa shape index (κ1) is 18.6. The van der Waals surface area contributed by atoms with E-state index in [1.807, 2.05) is 6.08 Å². The summed E-state index contributed by atoms with van der Waals surface area (Å²) in [7, 11) is -1.63. The summed E-state index contributed by atoms with van der Waals surface area (Å²) in [5.74, 6) is 0. The van der Waals surface area contributed by atoms with Gasteiger partial charge in [-0.3, -0.25) is 10.1 Å². The number of nitro benzene ring substituents is 1. The molecule has 0 aliphatic rings. The van der Waals surface area contributed by atoms with Crippen molar-refractivity contribution in [1.29, 1.82) is 0 Å². The van der Waals surface area contributed by atoms with Gasteiger partial charge in [0.25, 0.3) is 5.69 Å². The van der Waals surface area contributed by atoms with Crippen LogP contribution in [-0.2, 0) is 4.43 Å². The van der Waals surface area contributed by atoms with Gasteiger partial charge in [-0.2, -0.15) is 0 Å². The van der Waals surface area contributed by atoms with E-state index in [1.165, 1.54) is 12.1 Å². The molecule has 0 aromatic heterocycles. The predicted molar refractivity (Wildman–Crippen MR) is 94.5 cm³/mol. The highest BCUT2D eigenvalue weighted by Gasteiger charge is 2.36. The zero-order chi connectivity index (χ0) is 16.8. The van der Waals surface area contributed by atoms with Crippen molar-refractivity contribution < 1.29 is 9.35 Å². The maximum absolute atomic E-state index is 10.6. The molecule has 0 atom stereocenters. The third kappa shape index (κ3) is 5.73. The minimum atomic E-state index is -1.63. The third-order valence-electron chi connectivity index (χ3n) is 4.20. The maximum atomic E-state index is 10.6. The number of hydrogen-bond donors (Lipinski definition) is 0. The Morgan fingerprint density at radius 2 is 1.82 bits per heavy atom. The highest BCUT2D eigenvalue weighted by molar-refractivity contribution is 6.74. The molecule has 0 saturated carbocycles. The minimum absolute atomic E-state index is 0.125. The van der Waals surface area contributed by atoms with Crippen LogP contribution in [0.3, 0.4) is 0 Å². The van der Waals surface area contributed by atoms with E-state index in [4.69, 9.17) is 4.43 Å². The highest BCUT2D eigenvalue weighted by Crippen LogP contribution is 2.36. The van der Waals surface area contributed by atoms with Crippen molar-refractivity contribution in [3.05, 3.63) is 46.0 Å². The van der Waals surface area contributed by atoms with Crippen molar-refractivity contribution in [2.45, 2.75) is 51.7 Å². The number of benzene rings is 1.